The maximum Gasteiger partial charge on any atom is 0.363 e. The summed E-state index contributed by atoms with van der Waals surface area (Å²) in [7, 11) is 1.62. The van der Waals surface area contributed by atoms with Crippen LogP contribution >= 0.6 is 0 Å². The number of nitrogens with zero attached hydrogens (tertiary/aromatic N) is 1. The van der Waals surface area contributed by atoms with Gasteiger partial charge in [0.1, 0.15) is 5.75 Å². The molecule has 0 saturated carbocycles. The number of carbonyl (C=O) groups is 1. The summed E-state index contributed by atoms with van der Waals surface area (Å²) in [5, 5.41) is 0. The molecule has 25 heavy (non-hydrogen) atoms. The van der Waals surface area contributed by atoms with E-state index in [1.165, 1.54) is 0 Å². The minimum atomic E-state index is -0.461. The highest BCUT2D eigenvalue weighted by molar-refractivity contribution is 6.09. The standard InChI is InChI=1S/C21H17NO3/c1-24-19-13-6-5-10-17(19)11-7-12-18-21(23)25-20(22-18)15-14-16-8-3-2-4-9-16/h2-15H,1H3/b11-7+,15-14+,18-12+. The van der Waals surface area contributed by atoms with Gasteiger partial charge in [-0.3, -0.25) is 0 Å². The average Bonchev–Trinajstić information content (AvgIpc) is 3.01. The van der Waals surface area contributed by atoms with E-state index >= 15 is 0 Å². The minimum Gasteiger partial charge on any atom is -0.496 e. The number of allylic oxidation sites excluding steroid dienone is 2. The first-order valence-electron chi connectivity index (χ1n) is 7.81. The van der Waals surface area contributed by atoms with Crippen molar-refractivity contribution in [3.05, 3.63) is 89.6 Å². The number of benzene rings is 2. The van der Waals surface area contributed by atoms with E-state index in [2.05, 4.69) is 4.99 Å². The molecule has 0 unspecified atom stereocenters. The maximum absolute atomic E-state index is 11.9. The van der Waals surface area contributed by atoms with Crippen LogP contribution in [0.1, 0.15) is 11.1 Å². The van der Waals surface area contributed by atoms with Gasteiger partial charge in [0.2, 0.25) is 5.90 Å². The zero-order valence-corrected chi connectivity index (χ0v) is 13.8. The highest BCUT2D eigenvalue weighted by Crippen LogP contribution is 2.19. The third-order valence-corrected chi connectivity index (χ3v) is 3.52. The Morgan fingerprint density at radius 3 is 2.52 bits per heavy atom. The first-order chi connectivity index (χ1) is 12.3. The number of esters is 1. The smallest absolute Gasteiger partial charge is 0.363 e. The summed E-state index contributed by atoms with van der Waals surface area (Å²) in [6.45, 7) is 0. The summed E-state index contributed by atoms with van der Waals surface area (Å²) in [4.78, 5) is 16.1. The van der Waals surface area contributed by atoms with Crippen LogP contribution in [-0.4, -0.2) is 19.0 Å². The summed E-state index contributed by atoms with van der Waals surface area (Å²) in [5.74, 6) is 0.587. The zero-order valence-electron chi connectivity index (χ0n) is 13.8. The SMILES string of the molecule is COc1ccccc1/C=C/C=C1N=C(/C=C/c2ccccc2)OC/1=O. The summed E-state index contributed by atoms with van der Waals surface area (Å²) < 4.78 is 10.4. The van der Waals surface area contributed by atoms with Gasteiger partial charge in [0, 0.05) is 11.6 Å². The van der Waals surface area contributed by atoms with Gasteiger partial charge in [-0.1, -0.05) is 60.7 Å². The van der Waals surface area contributed by atoms with Crippen molar-refractivity contribution in [3.8, 4) is 5.75 Å². The van der Waals surface area contributed by atoms with Crippen LogP contribution in [0.2, 0.25) is 0 Å². The van der Waals surface area contributed by atoms with Crippen LogP contribution in [-0.2, 0) is 9.53 Å². The summed E-state index contributed by atoms with van der Waals surface area (Å²) in [6.07, 6.45) is 8.75. The van der Waals surface area contributed by atoms with E-state index in [0.717, 1.165) is 16.9 Å². The molecule has 2 aromatic carbocycles. The number of methoxy groups -OCH3 is 1. The van der Waals surface area contributed by atoms with Crippen LogP contribution in [0.3, 0.4) is 0 Å². The van der Waals surface area contributed by atoms with Crippen LogP contribution in [0.25, 0.3) is 12.2 Å². The molecule has 0 aromatic heterocycles. The van der Waals surface area contributed by atoms with Crippen molar-refractivity contribution in [2.45, 2.75) is 0 Å². The largest absolute Gasteiger partial charge is 0.496 e. The van der Waals surface area contributed by atoms with Crippen molar-refractivity contribution in [3.63, 3.8) is 0 Å². The van der Waals surface area contributed by atoms with Gasteiger partial charge in [0.05, 0.1) is 7.11 Å². The first-order valence-corrected chi connectivity index (χ1v) is 7.81. The molecular formula is C21H17NO3. The Kier molecular flexibility index (Phi) is 5.22. The Bertz CT molecular complexity index is 877. The molecule has 0 spiro atoms. The number of para-hydroxylation sites is 1. The second-order valence-corrected chi connectivity index (χ2v) is 5.24. The fraction of sp³-hybridized carbons (Fsp3) is 0.0476. The molecule has 1 aliphatic rings. The molecule has 4 heteroatoms. The quantitative estimate of drug-likeness (QED) is 0.607. The highest BCUT2D eigenvalue weighted by Gasteiger charge is 2.20. The van der Waals surface area contributed by atoms with Crippen molar-refractivity contribution in [1.29, 1.82) is 0 Å². The lowest BCUT2D eigenvalue weighted by atomic mass is 10.2. The Morgan fingerprint density at radius 2 is 1.72 bits per heavy atom. The molecule has 4 nitrogen and oxygen atoms in total. The van der Waals surface area contributed by atoms with E-state index in [-0.39, 0.29) is 11.6 Å². The van der Waals surface area contributed by atoms with E-state index in [4.69, 9.17) is 9.47 Å². The molecule has 1 aliphatic heterocycles. The Hall–Kier alpha value is -3.40. The molecule has 2 aromatic rings. The molecule has 0 N–H and O–H groups in total. The number of hydrogen-bond acceptors (Lipinski definition) is 4. The van der Waals surface area contributed by atoms with Gasteiger partial charge in [0.15, 0.2) is 5.70 Å². The number of ether oxygens (including phenoxy) is 2. The molecule has 0 saturated heterocycles. The van der Waals surface area contributed by atoms with Gasteiger partial charge in [-0.05, 0) is 23.8 Å². The molecule has 0 bridgehead atoms. The lowest BCUT2D eigenvalue weighted by molar-refractivity contribution is -0.129. The minimum absolute atomic E-state index is 0.263. The van der Waals surface area contributed by atoms with Crippen molar-refractivity contribution in [1.82, 2.24) is 0 Å². The summed E-state index contributed by atoms with van der Waals surface area (Å²) in [6, 6.07) is 17.4. The van der Waals surface area contributed by atoms with Gasteiger partial charge in [-0.2, -0.15) is 0 Å². The maximum atomic E-state index is 11.9. The highest BCUT2D eigenvalue weighted by atomic mass is 16.6. The van der Waals surface area contributed by atoms with Crippen molar-refractivity contribution >= 4 is 24.0 Å². The molecule has 0 amide bonds. The second kappa shape index (κ2) is 7.93. The molecule has 1 heterocycles. The molecular weight excluding hydrogens is 314 g/mol. The third-order valence-electron chi connectivity index (χ3n) is 3.52. The molecule has 0 atom stereocenters. The van der Waals surface area contributed by atoms with Gasteiger partial charge in [-0.15, -0.1) is 0 Å². The Morgan fingerprint density at radius 1 is 0.960 bits per heavy atom. The predicted molar refractivity (Wildman–Crippen MR) is 99.1 cm³/mol. The number of rotatable bonds is 5. The zero-order chi connectivity index (χ0) is 17.5. The normalized spacial score (nSPS) is 15.8. The van der Waals surface area contributed by atoms with Crippen LogP contribution < -0.4 is 4.74 Å². The summed E-state index contributed by atoms with van der Waals surface area (Å²) in [5.41, 5.74) is 2.19. The van der Waals surface area contributed by atoms with Crippen LogP contribution in [0.15, 0.2) is 83.5 Å². The molecule has 0 aliphatic carbocycles. The topological polar surface area (TPSA) is 47.9 Å². The molecule has 3 rings (SSSR count). The van der Waals surface area contributed by atoms with E-state index in [1.807, 2.05) is 66.7 Å². The van der Waals surface area contributed by atoms with Gasteiger partial charge < -0.3 is 9.47 Å². The van der Waals surface area contributed by atoms with Gasteiger partial charge >= 0.3 is 5.97 Å². The lowest BCUT2D eigenvalue weighted by Gasteiger charge is -2.02. The number of cyclic esters (lactones) is 1. The fourth-order valence-corrected chi connectivity index (χ4v) is 2.29. The lowest BCUT2D eigenvalue weighted by Crippen LogP contribution is -2.00. The number of aliphatic imine (C=N–C) groups is 1. The van der Waals surface area contributed by atoms with Crippen LogP contribution in [0.4, 0.5) is 0 Å². The van der Waals surface area contributed by atoms with Crippen LogP contribution in [0.5, 0.6) is 5.75 Å². The van der Waals surface area contributed by atoms with Crippen LogP contribution in [0, 0.1) is 0 Å². The predicted octanol–water partition coefficient (Wildman–Crippen LogP) is 4.26. The Labute approximate surface area is 146 Å². The number of carbonyl (C=O) groups excluding carboxylic acids is 1. The first kappa shape index (κ1) is 16.5. The van der Waals surface area contributed by atoms with Crippen molar-refractivity contribution < 1.29 is 14.3 Å². The third kappa shape index (κ3) is 4.32. The number of hydrogen-bond donors (Lipinski definition) is 0. The average molecular weight is 331 g/mol. The molecule has 0 fully saturated rings. The Balaban J connectivity index is 1.72. The van der Waals surface area contributed by atoms with Crippen molar-refractivity contribution in [2.24, 2.45) is 4.99 Å². The second-order valence-electron chi connectivity index (χ2n) is 5.24. The van der Waals surface area contributed by atoms with E-state index in [1.54, 1.807) is 25.3 Å². The van der Waals surface area contributed by atoms with Gasteiger partial charge in [0.25, 0.3) is 0 Å². The van der Waals surface area contributed by atoms with Gasteiger partial charge in [-0.25, -0.2) is 9.79 Å². The fourth-order valence-electron chi connectivity index (χ4n) is 2.29. The monoisotopic (exact) mass is 331 g/mol. The summed E-state index contributed by atoms with van der Waals surface area (Å²) >= 11 is 0. The molecule has 124 valence electrons. The molecule has 0 radical (unpaired) electrons. The van der Waals surface area contributed by atoms with E-state index in [9.17, 15) is 4.79 Å². The van der Waals surface area contributed by atoms with Crippen molar-refractivity contribution in [2.75, 3.05) is 7.11 Å². The van der Waals surface area contributed by atoms with E-state index < -0.39 is 5.97 Å². The van der Waals surface area contributed by atoms with E-state index in [0.29, 0.717) is 0 Å².